The molecular formula is C19H26N6O4. The van der Waals surface area contributed by atoms with Crippen LogP contribution in [0.25, 0.3) is 0 Å². The van der Waals surface area contributed by atoms with Gasteiger partial charge in [-0.3, -0.25) is 9.79 Å². The summed E-state index contributed by atoms with van der Waals surface area (Å²) < 4.78 is 10.1. The highest BCUT2D eigenvalue weighted by atomic mass is 16.5. The normalized spacial score (nSPS) is 12.6. The van der Waals surface area contributed by atoms with Crippen LogP contribution in [0.15, 0.2) is 46.0 Å². The van der Waals surface area contributed by atoms with Crippen LogP contribution < -0.4 is 22.5 Å². The van der Waals surface area contributed by atoms with Crippen molar-refractivity contribution in [1.29, 1.82) is 0 Å². The Morgan fingerprint density at radius 1 is 1.28 bits per heavy atom. The fourth-order valence-electron chi connectivity index (χ4n) is 2.64. The molecule has 1 aromatic carbocycles. The monoisotopic (exact) mass is 402 g/mol. The molecule has 2 aromatic rings. The molecule has 29 heavy (non-hydrogen) atoms. The number of oxazole rings is 1. The zero-order valence-corrected chi connectivity index (χ0v) is 16.2. The fourth-order valence-corrected chi connectivity index (χ4v) is 2.64. The Morgan fingerprint density at radius 2 is 2.00 bits per heavy atom. The maximum Gasteiger partial charge on any atom is 0.328 e. The zero-order valence-electron chi connectivity index (χ0n) is 16.2. The lowest BCUT2D eigenvalue weighted by atomic mass is 10.1. The number of rotatable bonds is 10. The highest BCUT2D eigenvalue weighted by molar-refractivity contribution is 5.94. The Labute approximate surface area is 168 Å². The van der Waals surface area contributed by atoms with Gasteiger partial charge in [0.1, 0.15) is 12.3 Å². The van der Waals surface area contributed by atoms with E-state index in [-0.39, 0.29) is 17.5 Å². The molecular weight excluding hydrogens is 376 g/mol. The number of guanidine groups is 1. The molecule has 0 bridgehead atoms. The number of esters is 1. The minimum absolute atomic E-state index is 0.0293. The third-order valence-corrected chi connectivity index (χ3v) is 4.11. The van der Waals surface area contributed by atoms with Crippen molar-refractivity contribution in [2.24, 2.45) is 22.2 Å². The minimum atomic E-state index is -0.861. The summed E-state index contributed by atoms with van der Waals surface area (Å²) in [4.78, 5) is 32.4. The molecule has 0 saturated heterocycles. The number of amides is 1. The lowest BCUT2D eigenvalue weighted by Gasteiger charge is -2.15. The highest BCUT2D eigenvalue weighted by Crippen LogP contribution is 2.16. The Bertz CT molecular complexity index is 832. The quantitative estimate of drug-likeness (QED) is 0.189. The van der Waals surface area contributed by atoms with Crippen molar-refractivity contribution >= 4 is 17.8 Å². The average Bonchev–Trinajstić information content (AvgIpc) is 3.20. The second-order valence-electron chi connectivity index (χ2n) is 6.37. The summed E-state index contributed by atoms with van der Waals surface area (Å²) in [5.74, 6) is -0.941. The maximum absolute atomic E-state index is 12.5. The van der Waals surface area contributed by atoms with E-state index in [0.717, 1.165) is 5.56 Å². The zero-order chi connectivity index (χ0) is 21.2. The van der Waals surface area contributed by atoms with Crippen LogP contribution in [-0.4, -0.2) is 42.5 Å². The van der Waals surface area contributed by atoms with E-state index in [4.69, 9.17) is 26.4 Å². The molecule has 0 spiro atoms. The van der Waals surface area contributed by atoms with E-state index in [2.05, 4.69) is 15.3 Å². The molecule has 2 atom stereocenters. The van der Waals surface area contributed by atoms with Gasteiger partial charge in [0.25, 0.3) is 5.91 Å². The van der Waals surface area contributed by atoms with Gasteiger partial charge < -0.3 is 31.7 Å². The Kier molecular flexibility index (Phi) is 8.16. The topological polar surface area (TPSA) is 172 Å². The first-order chi connectivity index (χ1) is 13.9. The number of carbonyl (C=O) groups excluding carboxylic acids is 2. The molecule has 0 fully saturated rings. The van der Waals surface area contributed by atoms with Gasteiger partial charge in [-0.2, -0.15) is 0 Å². The second kappa shape index (κ2) is 10.8. The van der Waals surface area contributed by atoms with Gasteiger partial charge in [-0.15, -0.1) is 0 Å². The fraction of sp³-hybridized carbons (Fsp3) is 0.368. The summed E-state index contributed by atoms with van der Waals surface area (Å²) >= 11 is 0. The van der Waals surface area contributed by atoms with E-state index in [1.54, 1.807) is 0 Å². The molecule has 0 aliphatic heterocycles. The van der Waals surface area contributed by atoms with Gasteiger partial charge in [-0.25, -0.2) is 9.78 Å². The van der Waals surface area contributed by atoms with Crippen molar-refractivity contribution in [1.82, 2.24) is 10.3 Å². The lowest BCUT2D eigenvalue weighted by Crippen LogP contribution is -2.41. The van der Waals surface area contributed by atoms with E-state index >= 15 is 0 Å². The Hall–Kier alpha value is -3.40. The molecule has 2 rings (SSSR count). The van der Waals surface area contributed by atoms with Crippen molar-refractivity contribution in [3.63, 3.8) is 0 Å². The van der Waals surface area contributed by atoms with E-state index in [0.29, 0.717) is 25.8 Å². The number of hydrogen-bond donors (Lipinski definition) is 4. The first-order valence-electron chi connectivity index (χ1n) is 9.09. The number of aliphatic imine (C=N–C) groups is 1. The van der Waals surface area contributed by atoms with Gasteiger partial charge in [0.2, 0.25) is 5.89 Å². The Balaban J connectivity index is 1.97. The summed E-state index contributed by atoms with van der Waals surface area (Å²) in [6.45, 7) is 0.328. The number of benzene rings is 1. The SMILES string of the molecule is COC(=O)C(CCCN=C(N)N)NC(=O)c1coc(C(N)Cc2ccccc2)n1. The van der Waals surface area contributed by atoms with Gasteiger partial charge >= 0.3 is 5.97 Å². The molecule has 2 unspecified atom stereocenters. The molecule has 1 aromatic heterocycles. The van der Waals surface area contributed by atoms with Gasteiger partial charge in [0.05, 0.1) is 13.2 Å². The van der Waals surface area contributed by atoms with Crippen molar-refractivity contribution in [3.05, 3.63) is 53.7 Å². The first-order valence-corrected chi connectivity index (χ1v) is 9.09. The van der Waals surface area contributed by atoms with Crippen LogP contribution in [0.1, 0.15) is 40.8 Å². The van der Waals surface area contributed by atoms with Crippen LogP contribution in [0.5, 0.6) is 0 Å². The molecule has 0 aliphatic carbocycles. The molecule has 1 heterocycles. The summed E-state index contributed by atoms with van der Waals surface area (Å²) in [7, 11) is 1.24. The standard InChI is InChI=1S/C19H26N6O4/c1-28-18(27)14(8-5-9-23-19(21)22)24-16(26)15-11-29-17(25-15)13(20)10-12-6-3-2-4-7-12/h2-4,6-7,11,13-14H,5,8-10,20H2,1H3,(H,24,26)(H4,21,22,23). The van der Waals surface area contributed by atoms with Crippen molar-refractivity contribution in [2.75, 3.05) is 13.7 Å². The first kappa shape index (κ1) is 21.9. The minimum Gasteiger partial charge on any atom is -0.467 e. The van der Waals surface area contributed by atoms with Gasteiger partial charge in [0.15, 0.2) is 11.7 Å². The number of methoxy groups -OCH3 is 1. The molecule has 1 amide bonds. The predicted octanol–water partition coefficient (Wildman–Crippen LogP) is 0.242. The van der Waals surface area contributed by atoms with E-state index in [9.17, 15) is 9.59 Å². The van der Waals surface area contributed by atoms with Crippen LogP contribution in [0.3, 0.4) is 0 Å². The predicted molar refractivity (Wildman–Crippen MR) is 107 cm³/mol. The number of aromatic nitrogens is 1. The summed E-state index contributed by atoms with van der Waals surface area (Å²) in [5, 5.41) is 2.59. The molecule has 10 nitrogen and oxygen atoms in total. The molecule has 7 N–H and O–H groups in total. The number of ether oxygens (including phenoxy) is 1. The van der Waals surface area contributed by atoms with Crippen molar-refractivity contribution in [3.8, 4) is 0 Å². The van der Waals surface area contributed by atoms with E-state index < -0.39 is 24.0 Å². The van der Waals surface area contributed by atoms with Crippen LogP contribution in [0, 0.1) is 0 Å². The third-order valence-electron chi connectivity index (χ3n) is 4.11. The third kappa shape index (κ3) is 6.92. The van der Waals surface area contributed by atoms with Crippen molar-refractivity contribution in [2.45, 2.75) is 31.3 Å². The largest absolute Gasteiger partial charge is 0.467 e. The number of hydrogen-bond acceptors (Lipinski definition) is 7. The number of nitrogens with one attached hydrogen (secondary N) is 1. The number of nitrogens with two attached hydrogens (primary N) is 3. The molecule has 10 heteroatoms. The number of nitrogens with zero attached hydrogens (tertiary/aromatic N) is 2. The van der Waals surface area contributed by atoms with Crippen LogP contribution in [0.4, 0.5) is 0 Å². The van der Waals surface area contributed by atoms with Gasteiger partial charge in [-0.05, 0) is 24.8 Å². The molecule has 0 saturated carbocycles. The highest BCUT2D eigenvalue weighted by Gasteiger charge is 2.24. The second-order valence-corrected chi connectivity index (χ2v) is 6.37. The summed E-state index contributed by atoms with van der Waals surface area (Å²) in [5.41, 5.74) is 17.7. The average molecular weight is 402 g/mol. The van der Waals surface area contributed by atoms with Crippen LogP contribution >= 0.6 is 0 Å². The summed E-state index contributed by atoms with van der Waals surface area (Å²) in [6.07, 6.45) is 2.50. The Morgan fingerprint density at radius 3 is 2.66 bits per heavy atom. The summed E-state index contributed by atoms with van der Waals surface area (Å²) in [6, 6.07) is 8.26. The molecule has 0 radical (unpaired) electrons. The van der Waals surface area contributed by atoms with Gasteiger partial charge in [0, 0.05) is 6.54 Å². The van der Waals surface area contributed by atoms with Crippen molar-refractivity contribution < 1.29 is 18.7 Å². The molecule has 0 aliphatic rings. The van der Waals surface area contributed by atoms with Gasteiger partial charge in [-0.1, -0.05) is 30.3 Å². The lowest BCUT2D eigenvalue weighted by molar-refractivity contribution is -0.143. The van der Waals surface area contributed by atoms with E-state index in [1.807, 2.05) is 30.3 Å². The smallest absolute Gasteiger partial charge is 0.328 e. The number of carbonyl (C=O) groups is 2. The van der Waals surface area contributed by atoms with Crippen LogP contribution in [0.2, 0.25) is 0 Å². The maximum atomic E-state index is 12.5. The van der Waals surface area contributed by atoms with Crippen LogP contribution in [-0.2, 0) is 16.0 Å². The molecule has 156 valence electrons. The van der Waals surface area contributed by atoms with E-state index in [1.165, 1.54) is 13.4 Å².